The summed E-state index contributed by atoms with van der Waals surface area (Å²) in [6.45, 7) is 10.8. The van der Waals surface area contributed by atoms with Gasteiger partial charge in [0.05, 0.1) is 0 Å². The largest absolute Gasteiger partial charge is 0.444 e. The average molecular weight is 223 g/mol. The van der Waals surface area contributed by atoms with Gasteiger partial charge in [0.1, 0.15) is 5.60 Å². The minimum Gasteiger partial charge on any atom is -0.444 e. The average Bonchev–Trinajstić information content (AvgIpc) is 2.16. The first-order valence-corrected chi connectivity index (χ1v) is 5.76. The Morgan fingerprint density at radius 2 is 2.00 bits per heavy atom. The SMILES string of the molecule is C=C=CC1CCN(C(=O)OC(C)(C)C)CC1. The van der Waals surface area contributed by atoms with E-state index < -0.39 is 5.60 Å². The van der Waals surface area contributed by atoms with Crippen molar-refractivity contribution in [2.24, 2.45) is 5.92 Å². The number of amides is 1. The standard InChI is InChI=1S/C13H21NO2/c1-5-6-11-7-9-14(10-8-11)12(15)16-13(2,3)4/h6,11H,1,7-10H2,2-4H3. The van der Waals surface area contributed by atoms with Crippen LogP contribution >= 0.6 is 0 Å². The molecule has 1 fully saturated rings. The smallest absolute Gasteiger partial charge is 0.410 e. The number of nitrogens with zero attached hydrogens (tertiary/aromatic N) is 1. The number of allylic oxidation sites excluding steroid dienone is 1. The van der Waals surface area contributed by atoms with Crippen LogP contribution in [0.4, 0.5) is 4.79 Å². The molecule has 0 atom stereocenters. The molecule has 0 spiro atoms. The Labute approximate surface area is 97.8 Å². The fraction of sp³-hybridized carbons (Fsp3) is 0.692. The molecule has 0 saturated carbocycles. The first-order chi connectivity index (χ1) is 7.42. The lowest BCUT2D eigenvalue weighted by Crippen LogP contribution is -2.41. The van der Waals surface area contributed by atoms with Crippen molar-refractivity contribution < 1.29 is 9.53 Å². The zero-order valence-electron chi connectivity index (χ0n) is 10.5. The maximum atomic E-state index is 11.7. The number of rotatable bonds is 1. The minimum absolute atomic E-state index is 0.200. The van der Waals surface area contributed by atoms with Crippen LogP contribution in [0.2, 0.25) is 0 Å². The van der Waals surface area contributed by atoms with E-state index in [9.17, 15) is 4.79 Å². The Hall–Kier alpha value is -1.21. The molecular formula is C13H21NO2. The molecule has 1 aliphatic rings. The summed E-state index contributed by atoms with van der Waals surface area (Å²) in [5.74, 6) is 0.510. The lowest BCUT2D eigenvalue weighted by atomic mass is 9.97. The third-order valence-electron chi connectivity index (χ3n) is 2.54. The molecule has 1 amide bonds. The molecule has 1 rings (SSSR count). The number of likely N-dealkylation sites (tertiary alicyclic amines) is 1. The van der Waals surface area contributed by atoms with Crippen LogP contribution in [-0.4, -0.2) is 29.7 Å². The van der Waals surface area contributed by atoms with Gasteiger partial charge in [-0.05, 0) is 45.6 Å². The molecule has 1 aliphatic heterocycles. The van der Waals surface area contributed by atoms with E-state index in [4.69, 9.17) is 4.74 Å². The first-order valence-electron chi connectivity index (χ1n) is 5.76. The van der Waals surface area contributed by atoms with Gasteiger partial charge in [-0.15, -0.1) is 5.73 Å². The van der Waals surface area contributed by atoms with Gasteiger partial charge in [0.15, 0.2) is 0 Å². The van der Waals surface area contributed by atoms with Crippen molar-refractivity contribution in [1.82, 2.24) is 4.90 Å². The first kappa shape index (κ1) is 12.9. The molecule has 0 aliphatic carbocycles. The molecule has 1 heterocycles. The number of carbonyl (C=O) groups is 1. The molecule has 90 valence electrons. The summed E-state index contributed by atoms with van der Waals surface area (Å²) < 4.78 is 5.32. The van der Waals surface area contributed by atoms with Crippen LogP contribution in [0.5, 0.6) is 0 Å². The summed E-state index contributed by atoms with van der Waals surface area (Å²) in [5, 5.41) is 0. The Morgan fingerprint density at radius 1 is 1.44 bits per heavy atom. The summed E-state index contributed by atoms with van der Waals surface area (Å²) in [4.78, 5) is 13.5. The maximum Gasteiger partial charge on any atom is 0.410 e. The quantitative estimate of drug-likeness (QED) is 0.640. The van der Waals surface area contributed by atoms with E-state index in [-0.39, 0.29) is 6.09 Å². The van der Waals surface area contributed by atoms with Gasteiger partial charge in [0.25, 0.3) is 0 Å². The van der Waals surface area contributed by atoms with E-state index in [1.54, 1.807) is 4.90 Å². The second-order valence-electron chi connectivity index (χ2n) is 5.18. The predicted octanol–water partition coefficient (Wildman–Crippen LogP) is 2.97. The highest BCUT2D eigenvalue weighted by Crippen LogP contribution is 2.20. The van der Waals surface area contributed by atoms with Gasteiger partial charge in [-0.25, -0.2) is 4.79 Å². The van der Waals surface area contributed by atoms with E-state index in [1.165, 1.54) is 0 Å². The molecule has 1 saturated heterocycles. The van der Waals surface area contributed by atoms with E-state index in [0.717, 1.165) is 25.9 Å². The fourth-order valence-corrected chi connectivity index (χ4v) is 1.74. The van der Waals surface area contributed by atoms with E-state index in [0.29, 0.717) is 5.92 Å². The molecular weight excluding hydrogens is 202 g/mol. The van der Waals surface area contributed by atoms with Crippen LogP contribution in [0.3, 0.4) is 0 Å². The van der Waals surface area contributed by atoms with Gasteiger partial charge in [-0.3, -0.25) is 0 Å². The van der Waals surface area contributed by atoms with Crippen LogP contribution < -0.4 is 0 Å². The van der Waals surface area contributed by atoms with Gasteiger partial charge in [-0.2, -0.15) is 0 Å². The summed E-state index contributed by atoms with van der Waals surface area (Å²) in [6.07, 6.45) is 3.74. The second-order valence-corrected chi connectivity index (χ2v) is 5.18. The van der Waals surface area contributed by atoms with Crippen molar-refractivity contribution in [1.29, 1.82) is 0 Å². The molecule has 0 bridgehead atoms. The number of piperidine rings is 1. The molecule has 3 nitrogen and oxygen atoms in total. The van der Waals surface area contributed by atoms with Gasteiger partial charge in [0.2, 0.25) is 0 Å². The molecule has 16 heavy (non-hydrogen) atoms. The summed E-state index contributed by atoms with van der Waals surface area (Å²) in [5.41, 5.74) is 2.40. The molecule has 0 unspecified atom stereocenters. The van der Waals surface area contributed by atoms with Gasteiger partial charge < -0.3 is 9.64 Å². The maximum absolute atomic E-state index is 11.7. The normalized spacial score (nSPS) is 17.8. The highest BCUT2D eigenvalue weighted by atomic mass is 16.6. The number of carbonyl (C=O) groups excluding carboxylic acids is 1. The number of hydrogen-bond donors (Lipinski definition) is 0. The molecule has 0 aromatic heterocycles. The monoisotopic (exact) mass is 223 g/mol. The number of hydrogen-bond acceptors (Lipinski definition) is 2. The van der Waals surface area contributed by atoms with Crippen molar-refractivity contribution in [3.8, 4) is 0 Å². The Balaban J connectivity index is 2.42. The van der Waals surface area contributed by atoms with Crippen molar-refractivity contribution in [3.05, 3.63) is 18.4 Å². The van der Waals surface area contributed by atoms with Crippen molar-refractivity contribution in [3.63, 3.8) is 0 Å². The summed E-state index contributed by atoms with van der Waals surface area (Å²) >= 11 is 0. The van der Waals surface area contributed by atoms with E-state index >= 15 is 0 Å². The fourth-order valence-electron chi connectivity index (χ4n) is 1.74. The van der Waals surface area contributed by atoms with Crippen molar-refractivity contribution >= 4 is 6.09 Å². The highest BCUT2D eigenvalue weighted by Gasteiger charge is 2.25. The van der Waals surface area contributed by atoms with Crippen molar-refractivity contribution in [2.45, 2.75) is 39.2 Å². The predicted molar refractivity (Wildman–Crippen MR) is 64.2 cm³/mol. The Morgan fingerprint density at radius 3 is 2.44 bits per heavy atom. The van der Waals surface area contributed by atoms with Gasteiger partial charge >= 0.3 is 6.09 Å². The van der Waals surface area contributed by atoms with Crippen LogP contribution in [0.15, 0.2) is 18.4 Å². The lowest BCUT2D eigenvalue weighted by molar-refractivity contribution is 0.0197. The summed E-state index contributed by atoms with van der Waals surface area (Å²) in [7, 11) is 0. The van der Waals surface area contributed by atoms with Crippen LogP contribution in [0.1, 0.15) is 33.6 Å². The van der Waals surface area contributed by atoms with Crippen molar-refractivity contribution in [2.75, 3.05) is 13.1 Å². The van der Waals surface area contributed by atoms with E-state index in [2.05, 4.69) is 12.3 Å². The third kappa shape index (κ3) is 4.11. The van der Waals surface area contributed by atoms with Crippen LogP contribution in [0, 0.1) is 5.92 Å². The second kappa shape index (κ2) is 5.22. The number of ether oxygens (including phenoxy) is 1. The zero-order chi connectivity index (χ0) is 12.2. The third-order valence-corrected chi connectivity index (χ3v) is 2.54. The molecule has 3 heteroatoms. The van der Waals surface area contributed by atoms with Gasteiger partial charge in [0, 0.05) is 13.1 Å². The molecule has 0 aromatic rings. The van der Waals surface area contributed by atoms with E-state index in [1.807, 2.05) is 26.8 Å². The zero-order valence-corrected chi connectivity index (χ0v) is 10.5. The summed E-state index contributed by atoms with van der Waals surface area (Å²) in [6, 6.07) is 0. The van der Waals surface area contributed by atoms with Crippen LogP contribution in [-0.2, 0) is 4.74 Å². The molecule has 0 radical (unpaired) electrons. The molecule has 0 N–H and O–H groups in total. The Bertz CT molecular complexity index is 290. The lowest BCUT2D eigenvalue weighted by Gasteiger charge is -2.32. The topological polar surface area (TPSA) is 29.5 Å². The van der Waals surface area contributed by atoms with Gasteiger partial charge in [-0.1, -0.05) is 6.58 Å². The molecule has 0 aromatic carbocycles. The van der Waals surface area contributed by atoms with Crippen LogP contribution in [0.25, 0.3) is 0 Å². The highest BCUT2D eigenvalue weighted by molar-refractivity contribution is 5.68. The minimum atomic E-state index is -0.408. The Kier molecular flexibility index (Phi) is 4.19.